The standard InChI is InChI=1S/C18H19NO2S/c1-13-6-5-9-15(10-13)12-17(22)19-16(18(20)21)11-14-7-3-2-4-8-14/h2-10,16H,11-12H2,1H3,(H,19,22)(H,20,21)/t16-/m0/s1. The summed E-state index contributed by atoms with van der Waals surface area (Å²) in [4.78, 5) is 12.0. The van der Waals surface area contributed by atoms with E-state index in [1.165, 1.54) is 5.56 Å². The molecule has 114 valence electrons. The summed E-state index contributed by atoms with van der Waals surface area (Å²) in [6.07, 6.45) is 0.958. The zero-order chi connectivity index (χ0) is 15.9. The second kappa shape index (κ2) is 7.71. The molecule has 0 bridgehead atoms. The van der Waals surface area contributed by atoms with Crippen molar-refractivity contribution in [1.29, 1.82) is 0 Å². The molecule has 3 nitrogen and oxygen atoms in total. The van der Waals surface area contributed by atoms with E-state index in [1.54, 1.807) is 0 Å². The Morgan fingerprint density at radius 1 is 1.14 bits per heavy atom. The SMILES string of the molecule is Cc1cccc(CC(=S)N[C@@H](Cc2ccccc2)C(=O)O)c1. The van der Waals surface area contributed by atoms with Gasteiger partial charge in [-0.05, 0) is 18.1 Å². The summed E-state index contributed by atoms with van der Waals surface area (Å²) in [7, 11) is 0. The van der Waals surface area contributed by atoms with Gasteiger partial charge in [-0.25, -0.2) is 4.79 Å². The second-order valence-electron chi connectivity index (χ2n) is 5.31. The van der Waals surface area contributed by atoms with Crippen LogP contribution in [0.4, 0.5) is 0 Å². The van der Waals surface area contributed by atoms with Crippen molar-refractivity contribution in [2.24, 2.45) is 0 Å². The van der Waals surface area contributed by atoms with Crippen LogP contribution in [0.5, 0.6) is 0 Å². The molecule has 2 aromatic carbocycles. The Bertz CT molecular complexity index is 655. The van der Waals surface area contributed by atoms with Crippen LogP contribution >= 0.6 is 12.2 Å². The maximum Gasteiger partial charge on any atom is 0.326 e. The van der Waals surface area contributed by atoms with E-state index in [-0.39, 0.29) is 0 Å². The van der Waals surface area contributed by atoms with Crippen LogP contribution in [-0.4, -0.2) is 22.1 Å². The molecule has 0 saturated heterocycles. The van der Waals surface area contributed by atoms with Crippen molar-refractivity contribution in [3.05, 3.63) is 71.3 Å². The van der Waals surface area contributed by atoms with Crippen LogP contribution in [0.2, 0.25) is 0 Å². The van der Waals surface area contributed by atoms with Crippen LogP contribution in [0.15, 0.2) is 54.6 Å². The highest BCUT2D eigenvalue weighted by Crippen LogP contribution is 2.07. The van der Waals surface area contributed by atoms with E-state index in [1.807, 2.05) is 55.5 Å². The summed E-state index contributed by atoms with van der Waals surface area (Å²) >= 11 is 5.32. The van der Waals surface area contributed by atoms with Gasteiger partial charge in [0.2, 0.25) is 0 Å². The molecule has 0 radical (unpaired) electrons. The van der Waals surface area contributed by atoms with E-state index in [2.05, 4.69) is 11.4 Å². The molecule has 0 amide bonds. The van der Waals surface area contributed by atoms with Crippen LogP contribution < -0.4 is 5.32 Å². The lowest BCUT2D eigenvalue weighted by Crippen LogP contribution is -2.42. The van der Waals surface area contributed by atoms with Gasteiger partial charge in [-0.15, -0.1) is 0 Å². The Kier molecular flexibility index (Phi) is 5.67. The highest BCUT2D eigenvalue weighted by molar-refractivity contribution is 7.80. The smallest absolute Gasteiger partial charge is 0.326 e. The molecule has 0 unspecified atom stereocenters. The third kappa shape index (κ3) is 4.97. The predicted molar refractivity (Wildman–Crippen MR) is 92.2 cm³/mol. The molecular formula is C18H19NO2S. The molecular weight excluding hydrogens is 294 g/mol. The molecule has 2 aromatic rings. The Morgan fingerprint density at radius 3 is 2.45 bits per heavy atom. The quantitative estimate of drug-likeness (QED) is 0.804. The lowest BCUT2D eigenvalue weighted by atomic mass is 10.1. The number of aliphatic carboxylic acids is 1. The summed E-state index contributed by atoms with van der Waals surface area (Å²) in [5.41, 5.74) is 3.22. The average molecular weight is 313 g/mol. The number of nitrogens with one attached hydrogen (secondary N) is 1. The van der Waals surface area contributed by atoms with Crippen molar-refractivity contribution < 1.29 is 9.90 Å². The van der Waals surface area contributed by atoms with Gasteiger partial charge >= 0.3 is 5.97 Å². The van der Waals surface area contributed by atoms with E-state index in [0.29, 0.717) is 17.8 Å². The number of carbonyl (C=O) groups is 1. The topological polar surface area (TPSA) is 49.3 Å². The van der Waals surface area contributed by atoms with Gasteiger partial charge in [0.1, 0.15) is 6.04 Å². The van der Waals surface area contributed by atoms with Crippen molar-refractivity contribution in [3.8, 4) is 0 Å². The molecule has 2 N–H and O–H groups in total. The Hall–Kier alpha value is -2.20. The third-order valence-corrected chi connectivity index (χ3v) is 3.63. The molecule has 0 aliphatic carbocycles. The van der Waals surface area contributed by atoms with Crippen molar-refractivity contribution in [2.75, 3.05) is 0 Å². The molecule has 0 saturated carbocycles. The fourth-order valence-corrected chi connectivity index (χ4v) is 2.61. The predicted octanol–water partition coefficient (Wildman–Crippen LogP) is 3.15. The zero-order valence-electron chi connectivity index (χ0n) is 12.5. The summed E-state index contributed by atoms with van der Waals surface area (Å²) in [6.45, 7) is 2.02. The first-order chi connectivity index (χ1) is 10.5. The van der Waals surface area contributed by atoms with Crippen molar-refractivity contribution >= 4 is 23.2 Å². The number of carboxylic acid groups (broad SMARTS) is 1. The molecule has 0 fully saturated rings. The van der Waals surface area contributed by atoms with Crippen molar-refractivity contribution in [2.45, 2.75) is 25.8 Å². The van der Waals surface area contributed by atoms with Crippen LogP contribution in [-0.2, 0) is 17.6 Å². The van der Waals surface area contributed by atoms with E-state index in [4.69, 9.17) is 12.2 Å². The van der Waals surface area contributed by atoms with E-state index >= 15 is 0 Å². The van der Waals surface area contributed by atoms with Gasteiger partial charge in [0.05, 0.1) is 4.99 Å². The van der Waals surface area contributed by atoms with Crippen LogP contribution in [0, 0.1) is 6.92 Å². The van der Waals surface area contributed by atoms with Crippen molar-refractivity contribution in [3.63, 3.8) is 0 Å². The van der Waals surface area contributed by atoms with E-state index in [0.717, 1.165) is 11.1 Å². The van der Waals surface area contributed by atoms with Crippen LogP contribution in [0.1, 0.15) is 16.7 Å². The molecule has 1 atom stereocenters. The first-order valence-corrected chi connectivity index (χ1v) is 7.57. The van der Waals surface area contributed by atoms with Gasteiger partial charge in [-0.1, -0.05) is 72.4 Å². The number of aryl methyl sites for hydroxylation is 1. The monoisotopic (exact) mass is 313 g/mol. The number of rotatable bonds is 6. The lowest BCUT2D eigenvalue weighted by molar-refractivity contribution is -0.139. The van der Waals surface area contributed by atoms with Crippen molar-refractivity contribution in [1.82, 2.24) is 5.32 Å². The average Bonchev–Trinajstić information content (AvgIpc) is 2.47. The minimum atomic E-state index is -0.893. The van der Waals surface area contributed by atoms with Gasteiger partial charge in [0.15, 0.2) is 0 Å². The highest BCUT2D eigenvalue weighted by Gasteiger charge is 2.18. The molecule has 4 heteroatoms. The van der Waals surface area contributed by atoms with Gasteiger partial charge in [-0.3, -0.25) is 0 Å². The minimum absolute atomic E-state index is 0.407. The van der Waals surface area contributed by atoms with E-state index in [9.17, 15) is 9.90 Å². The van der Waals surface area contributed by atoms with Gasteiger partial charge in [0.25, 0.3) is 0 Å². The lowest BCUT2D eigenvalue weighted by Gasteiger charge is -2.16. The second-order valence-corrected chi connectivity index (χ2v) is 5.81. The highest BCUT2D eigenvalue weighted by atomic mass is 32.1. The van der Waals surface area contributed by atoms with Crippen LogP contribution in [0.3, 0.4) is 0 Å². The van der Waals surface area contributed by atoms with Gasteiger partial charge in [-0.2, -0.15) is 0 Å². The fourth-order valence-electron chi connectivity index (χ4n) is 2.30. The molecule has 2 rings (SSSR count). The Labute approximate surface area is 136 Å². The fraction of sp³-hybridized carbons (Fsp3) is 0.222. The largest absolute Gasteiger partial charge is 0.480 e. The number of carboxylic acids is 1. The summed E-state index contributed by atoms with van der Waals surface area (Å²) in [6, 6.07) is 16.9. The minimum Gasteiger partial charge on any atom is -0.480 e. The van der Waals surface area contributed by atoms with Crippen LogP contribution in [0.25, 0.3) is 0 Å². The third-order valence-electron chi connectivity index (χ3n) is 3.36. The number of thiocarbonyl (C=S) groups is 1. The number of hydrogen-bond donors (Lipinski definition) is 2. The molecule has 0 heterocycles. The first kappa shape index (κ1) is 16.2. The number of hydrogen-bond acceptors (Lipinski definition) is 2. The molecule has 0 spiro atoms. The summed E-state index contributed by atoms with van der Waals surface area (Å²) in [5, 5.41) is 12.3. The summed E-state index contributed by atoms with van der Waals surface area (Å²) in [5.74, 6) is -0.893. The van der Waals surface area contributed by atoms with Gasteiger partial charge in [0, 0.05) is 12.8 Å². The first-order valence-electron chi connectivity index (χ1n) is 7.16. The maximum atomic E-state index is 11.4. The zero-order valence-corrected chi connectivity index (χ0v) is 13.3. The maximum absolute atomic E-state index is 11.4. The van der Waals surface area contributed by atoms with E-state index < -0.39 is 12.0 Å². The number of benzene rings is 2. The molecule has 22 heavy (non-hydrogen) atoms. The van der Waals surface area contributed by atoms with Gasteiger partial charge < -0.3 is 10.4 Å². The molecule has 0 aliphatic heterocycles. The Balaban J connectivity index is 1.98. The molecule has 0 aliphatic rings. The Morgan fingerprint density at radius 2 is 1.82 bits per heavy atom. The summed E-state index contributed by atoms with van der Waals surface area (Å²) < 4.78 is 0. The normalized spacial score (nSPS) is 11.7. The molecule has 0 aromatic heterocycles.